The normalized spacial score (nSPS) is 21.3. The number of likely N-dealkylation sites (tertiary alicyclic amines) is 2. The SMILES string of the molecule is CC(C)(C)c1nnc(NC(=O)C2CCN(C(=O)C3CC(=O)N(C(C)(C)C)C3)CC2)s1. The van der Waals surface area contributed by atoms with Crippen molar-refractivity contribution in [1.29, 1.82) is 0 Å². The van der Waals surface area contributed by atoms with Gasteiger partial charge in [-0.1, -0.05) is 32.1 Å². The summed E-state index contributed by atoms with van der Waals surface area (Å²) >= 11 is 1.40. The third kappa shape index (κ3) is 4.99. The number of nitrogens with zero attached hydrogens (tertiary/aromatic N) is 4. The van der Waals surface area contributed by atoms with Crippen molar-refractivity contribution in [3.05, 3.63) is 5.01 Å². The van der Waals surface area contributed by atoms with E-state index >= 15 is 0 Å². The van der Waals surface area contributed by atoms with Gasteiger partial charge in [0.25, 0.3) is 0 Å². The van der Waals surface area contributed by atoms with Crippen LogP contribution in [0, 0.1) is 11.8 Å². The van der Waals surface area contributed by atoms with Crippen molar-refractivity contribution in [2.75, 3.05) is 25.0 Å². The lowest BCUT2D eigenvalue weighted by atomic mass is 9.94. The smallest absolute Gasteiger partial charge is 0.229 e. The van der Waals surface area contributed by atoms with Gasteiger partial charge in [0.1, 0.15) is 5.01 Å². The van der Waals surface area contributed by atoms with Gasteiger partial charge < -0.3 is 15.1 Å². The summed E-state index contributed by atoms with van der Waals surface area (Å²) in [7, 11) is 0. The molecule has 0 bridgehead atoms. The first-order valence-corrected chi connectivity index (χ1v) is 11.4. The van der Waals surface area contributed by atoms with E-state index in [1.54, 1.807) is 4.90 Å². The zero-order chi connectivity index (χ0) is 22.3. The van der Waals surface area contributed by atoms with Crippen molar-refractivity contribution < 1.29 is 14.4 Å². The Labute approximate surface area is 182 Å². The molecule has 1 unspecified atom stereocenters. The number of hydrogen-bond acceptors (Lipinski definition) is 6. The molecule has 2 aliphatic rings. The molecule has 2 saturated heterocycles. The molecule has 3 amide bonds. The number of rotatable bonds is 3. The fourth-order valence-electron chi connectivity index (χ4n) is 3.93. The van der Waals surface area contributed by atoms with Gasteiger partial charge in [0, 0.05) is 42.9 Å². The predicted octanol–water partition coefficient (Wildman–Crippen LogP) is 2.66. The maximum atomic E-state index is 12.9. The number of amides is 3. The van der Waals surface area contributed by atoms with Gasteiger partial charge in [-0.25, -0.2) is 0 Å². The van der Waals surface area contributed by atoms with E-state index < -0.39 is 0 Å². The van der Waals surface area contributed by atoms with Crippen LogP contribution in [0.4, 0.5) is 5.13 Å². The van der Waals surface area contributed by atoms with Crippen LogP contribution in [0.1, 0.15) is 65.8 Å². The van der Waals surface area contributed by atoms with Gasteiger partial charge in [-0.2, -0.15) is 0 Å². The summed E-state index contributed by atoms with van der Waals surface area (Å²) < 4.78 is 0. The Morgan fingerprint density at radius 1 is 1.03 bits per heavy atom. The highest BCUT2D eigenvalue weighted by Crippen LogP contribution is 2.30. The van der Waals surface area contributed by atoms with Crippen LogP contribution >= 0.6 is 11.3 Å². The summed E-state index contributed by atoms with van der Waals surface area (Å²) in [5, 5.41) is 12.5. The molecule has 2 fully saturated rings. The molecule has 1 N–H and O–H groups in total. The average Bonchev–Trinajstić information content (AvgIpc) is 3.27. The fraction of sp³-hybridized carbons (Fsp3) is 0.762. The van der Waals surface area contributed by atoms with Gasteiger partial charge >= 0.3 is 0 Å². The van der Waals surface area contributed by atoms with E-state index in [9.17, 15) is 14.4 Å². The van der Waals surface area contributed by atoms with E-state index in [0.717, 1.165) is 5.01 Å². The van der Waals surface area contributed by atoms with Crippen molar-refractivity contribution in [1.82, 2.24) is 20.0 Å². The molecule has 1 aromatic heterocycles. The lowest BCUT2D eigenvalue weighted by molar-refractivity contribution is -0.138. The fourth-order valence-corrected chi connectivity index (χ4v) is 4.73. The number of aromatic nitrogens is 2. The highest BCUT2D eigenvalue weighted by atomic mass is 32.1. The number of carbonyl (C=O) groups is 3. The van der Waals surface area contributed by atoms with Crippen molar-refractivity contribution in [2.24, 2.45) is 11.8 Å². The highest BCUT2D eigenvalue weighted by Gasteiger charge is 2.41. The van der Waals surface area contributed by atoms with Crippen molar-refractivity contribution >= 4 is 34.2 Å². The van der Waals surface area contributed by atoms with Gasteiger partial charge in [0.05, 0.1) is 5.92 Å². The van der Waals surface area contributed by atoms with Crippen LogP contribution < -0.4 is 5.32 Å². The Hall–Kier alpha value is -2.03. The Balaban J connectivity index is 1.51. The summed E-state index contributed by atoms with van der Waals surface area (Å²) in [5.41, 5.74) is -0.370. The van der Waals surface area contributed by atoms with E-state index in [4.69, 9.17) is 0 Å². The van der Waals surface area contributed by atoms with Gasteiger partial charge in [-0.05, 0) is 33.6 Å². The molecule has 0 aliphatic carbocycles. The minimum atomic E-state index is -0.278. The van der Waals surface area contributed by atoms with Crippen LogP contribution in [0.2, 0.25) is 0 Å². The summed E-state index contributed by atoms with van der Waals surface area (Å²) in [5.74, 6) is -0.407. The molecule has 3 rings (SSSR count). The molecule has 8 nitrogen and oxygen atoms in total. The maximum Gasteiger partial charge on any atom is 0.229 e. The second-order valence-electron chi connectivity index (χ2n) is 10.3. The van der Waals surface area contributed by atoms with Gasteiger partial charge in [0.2, 0.25) is 22.9 Å². The molecule has 0 radical (unpaired) electrons. The van der Waals surface area contributed by atoms with E-state index in [1.807, 2.05) is 25.7 Å². The second kappa shape index (κ2) is 8.24. The van der Waals surface area contributed by atoms with Crippen LogP contribution in [0.15, 0.2) is 0 Å². The summed E-state index contributed by atoms with van der Waals surface area (Å²) in [6.45, 7) is 13.7. The molecule has 1 aromatic rings. The third-order valence-electron chi connectivity index (χ3n) is 5.76. The second-order valence-corrected chi connectivity index (χ2v) is 11.3. The number of anilines is 1. The van der Waals surface area contributed by atoms with Crippen LogP contribution in [0.25, 0.3) is 0 Å². The number of hydrogen-bond donors (Lipinski definition) is 1. The zero-order valence-corrected chi connectivity index (χ0v) is 19.6. The first kappa shape index (κ1) is 22.7. The van der Waals surface area contributed by atoms with Gasteiger partial charge in [-0.15, -0.1) is 10.2 Å². The Morgan fingerprint density at radius 3 is 2.17 bits per heavy atom. The Morgan fingerprint density at radius 2 is 1.67 bits per heavy atom. The topological polar surface area (TPSA) is 95.5 Å². The molecule has 2 aliphatic heterocycles. The first-order chi connectivity index (χ1) is 13.9. The van der Waals surface area contributed by atoms with E-state index in [1.165, 1.54) is 11.3 Å². The number of carbonyl (C=O) groups excluding carboxylic acids is 3. The minimum absolute atomic E-state index is 0.0351. The minimum Gasteiger partial charge on any atom is -0.342 e. The van der Waals surface area contributed by atoms with Gasteiger partial charge in [-0.3, -0.25) is 14.4 Å². The summed E-state index contributed by atoms with van der Waals surface area (Å²) in [4.78, 5) is 41.4. The van der Waals surface area contributed by atoms with E-state index in [2.05, 4.69) is 36.3 Å². The molecule has 0 aromatic carbocycles. The molecule has 166 valence electrons. The molecular weight excluding hydrogens is 402 g/mol. The molecule has 1 atom stereocenters. The molecule has 0 spiro atoms. The quantitative estimate of drug-likeness (QED) is 0.787. The number of piperidine rings is 1. The largest absolute Gasteiger partial charge is 0.342 e. The van der Waals surface area contributed by atoms with Crippen LogP contribution in [-0.2, 0) is 19.8 Å². The lowest BCUT2D eigenvalue weighted by Gasteiger charge is -2.34. The lowest BCUT2D eigenvalue weighted by Crippen LogP contribution is -2.46. The molecule has 30 heavy (non-hydrogen) atoms. The monoisotopic (exact) mass is 435 g/mol. The molecule has 0 saturated carbocycles. The zero-order valence-electron chi connectivity index (χ0n) is 18.8. The van der Waals surface area contributed by atoms with Crippen molar-refractivity contribution in [2.45, 2.75) is 71.8 Å². The molecule has 9 heteroatoms. The Bertz CT molecular complexity index is 815. The van der Waals surface area contributed by atoms with Crippen molar-refractivity contribution in [3.8, 4) is 0 Å². The Kier molecular flexibility index (Phi) is 6.23. The van der Waals surface area contributed by atoms with Crippen molar-refractivity contribution in [3.63, 3.8) is 0 Å². The number of nitrogens with one attached hydrogen (secondary N) is 1. The summed E-state index contributed by atoms with van der Waals surface area (Å²) in [6.07, 6.45) is 1.52. The first-order valence-electron chi connectivity index (χ1n) is 10.6. The standard InChI is InChI=1S/C21H33N5O3S/c1-20(2,3)18-23-24-19(30-18)22-16(28)13-7-9-25(10-8-13)17(29)14-11-15(27)26(12-14)21(4,5)6/h13-14H,7-12H2,1-6H3,(H,22,24,28). The molecule has 3 heterocycles. The predicted molar refractivity (Wildman–Crippen MR) is 116 cm³/mol. The highest BCUT2D eigenvalue weighted by molar-refractivity contribution is 7.15. The van der Waals surface area contributed by atoms with E-state index in [-0.39, 0.29) is 46.9 Å². The van der Waals surface area contributed by atoms with Gasteiger partial charge in [0.15, 0.2) is 0 Å². The maximum absolute atomic E-state index is 12.9. The molecular formula is C21H33N5O3S. The van der Waals surface area contributed by atoms with Crippen LogP contribution in [0.5, 0.6) is 0 Å². The van der Waals surface area contributed by atoms with Crippen LogP contribution in [-0.4, -0.2) is 62.9 Å². The third-order valence-corrected chi connectivity index (χ3v) is 7.02. The summed E-state index contributed by atoms with van der Waals surface area (Å²) in [6, 6.07) is 0. The average molecular weight is 436 g/mol. The van der Waals surface area contributed by atoms with Crippen LogP contribution in [0.3, 0.4) is 0 Å². The van der Waals surface area contributed by atoms with E-state index in [0.29, 0.717) is 37.6 Å².